The van der Waals surface area contributed by atoms with Crippen molar-refractivity contribution in [1.82, 2.24) is 10.2 Å². The molecule has 0 bridgehead atoms. The van der Waals surface area contributed by atoms with E-state index >= 15 is 0 Å². The van der Waals surface area contributed by atoms with Gasteiger partial charge in [-0.25, -0.2) is 0 Å². The fourth-order valence-corrected chi connectivity index (χ4v) is 3.23. The molecule has 2 nitrogen and oxygen atoms in total. The lowest BCUT2D eigenvalue weighted by Gasteiger charge is -2.34. The van der Waals surface area contributed by atoms with E-state index in [1.807, 2.05) is 0 Å². The summed E-state index contributed by atoms with van der Waals surface area (Å²) < 4.78 is 0. The van der Waals surface area contributed by atoms with Crippen molar-refractivity contribution in [2.45, 2.75) is 77.7 Å². The highest BCUT2D eigenvalue weighted by atomic mass is 15.1. The van der Waals surface area contributed by atoms with Gasteiger partial charge in [0.1, 0.15) is 0 Å². The SMILES string of the molecule is CCCCCCNCCN(C)C1CCC(CC)CC1. The van der Waals surface area contributed by atoms with Gasteiger partial charge < -0.3 is 10.2 Å². The molecule has 1 saturated carbocycles. The van der Waals surface area contributed by atoms with Crippen molar-refractivity contribution in [2.75, 3.05) is 26.7 Å². The summed E-state index contributed by atoms with van der Waals surface area (Å²) in [6.07, 6.45) is 12.6. The molecular weight excluding hydrogens is 232 g/mol. The van der Waals surface area contributed by atoms with Gasteiger partial charge in [-0.15, -0.1) is 0 Å². The van der Waals surface area contributed by atoms with Crippen LogP contribution < -0.4 is 5.32 Å². The van der Waals surface area contributed by atoms with Crippen molar-refractivity contribution in [2.24, 2.45) is 5.92 Å². The molecule has 1 aliphatic rings. The average Bonchev–Trinajstić information content (AvgIpc) is 2.46. The summed E-state index contributed by atoms with van der Waals surface area (Å²) in [4.78, 5) is 2.59. The maximum atomic E-state index is 3.59. The molecule has 2 heteroatoms. The van der Waals surface area contributed by atoms with Gasteiger partial charge in [0.05, 0.1) is 0 Å². The van der Waals surface area contributed by atoms with E-state index in [1.165, 1.54) is 70.9 Å². The minimum atomic E-state index is 0.852. The molecular formula is C17H36N2. The van der Waals surface area contributed by atoms with Gasteiger partial charge in [0.25, 0.3) is 0 Å². The summed E-state index contributed by atoms with van der Waals surface area (Å²) in [6, 6.07) is 0.852. The second-order valence-electron chi connectivity index (χ2n) is 6.37. The average molecular weight is 268 g/mol. The van der Waals surface area contributed by atoms with Gasteiger partial charge >= 0.3 is 0 Å². The van der Waals surface area contributed by atoms with E-state index in [2.05, 4.69) is 31.1 Å². The first-order chi connectivity index (χ1) is 9.27. The Morgan fingerprint density at radius 3 is 2.32 bits per heavy atom. The number of hydrogen-bond donors (Lipinski definition) is 1. The molecule has 0 spiro atoms. The summed E-state index contributed by atoms with van der Waals surface area (Å²) in [7, 11) is 2.32. The standard InChI is InChI=1S/C17H36N2/c1-4-6-7-8-13-18-14-15-19(3)17-11-9-16(5-2)10-12-17/h16-18H,4-15H2,1-3H3. The van der Waals surface area contributed by atoms with Crippen LogP contribution >= 0.6 is 0 Å². The van der Waals surface area contributed by atoms with Crippen LogP contribution in [0.2, 0.25) is 0 Å². The molecule has 1 aliphatic carbocycles. The highest BCUT2D eigenvalue weighted by Crippen LogP contribution is 2.28. The monoisotopic (exact) mass is 268 g/mol. The number of rotatable bonds is 10. The third-order valence-corrected chi connectivity index (χ3v) is 4.87. The lowest BCUT2D eigenvalue weighted by atomic mass is 9.84. The van der Waals surface area contributed by atoms with Crippen molar-refractivity contribution < 1.29 is 0 Å². The third kappa shape index (κ3) is 7.31. The Morgan fingerprint density at radius 2 is 1.68 bits per heavy atom. The van der Waals surface area contributed by atoms with Gasteiger partial charge in [-0.1, -0.05) is 39.5 Å². The molecule has 1 rings (SSSR count). The van der Waals surface area contributed by atoms with Crippen LogP contribution in [-0.2, 0) is 0 Å². The molecule has 114 valence electrons. The van der Waals surface area contributed by atoms with Crippen LogP contribution in [0.1, 0.15) is 71.6 Å². The number of unbranched alkanes of at least 4 members (excludes halogenated alkanes) is 3. The molecule has 0 saturated heterocycles. The van der Waals surface area contributed by atoms with Crippen LogP contribution in [0.3, 0.4) is 0 Å². The number of nitrogens with zero attached hydrogens (tertiary/aromatic N) is 1. The van der Waals surface area contributed by atoms with E-state index in [0.29, 0.717) is 0 Å². The number of likely N-dealkylation sites (N-methyl/N-ethyl adjacent to an activating group) is 1. The van der Waals surface area contributed by atoms with Crippen LogP contribution in [0.25, 0.3) is 0 Å². The van der Waals surface area contributed by atoms with Gasteiger partial charge in [0, 0.05) is 19.1 Å². The van der Waals surface area contributed by atoms with E-state index in [1.54, 1.807) is 0 Å². The molecule has 0 amide bonds. The minimum absolute atomic E-state index is 0.852. The quantitative estimate of drug-likeness (QED) is 0.601. The van der Waals surface area contributed by atoms with Crippen LogP contribution in [0.4, 0.5) is 0 Å². The Bertz CT molecular complexity index is 197. The Kier molecular flexibility index (Phi) is 9.54. The van der Waals surface area contributed by atoms with Crippen LogP contribution in [0.5, 0.6) is 0 Å². The zero-order valence-electron chi connectivity index (χ0n) is 13.6. The molecule has 1 fully saturated rings. The molecule has 0 aromatic rings. The largest absolute Gasteiger partial charge is 0.315 e. The first-order valence-corrected chi connectivity index (χ1v) is 8.68. The van der Waals surface area contributed by atoms with E-state index in [0.717, 1.165) is 18.5 Å². The predicted octanol–water partition coefficient (Wildman–Crippen LogP) is 4.06. The van der Waals surface area contributed by atoms with Crippen LogP contribution in [0, 0.1) is 5.92 Å². The van der Waals surface area contributed by atoms with Gasteiger partial charge in [0.15, 0.2) is 0 Å². The molecule has 0 unspecified atom stereocenters. The van der Waals surface area contributed by atoms with Crippen molar-refractivity contribution in [3.63, 3.8) is 0 Å². The Labute approximate surface area is 121 Å². The zero-order chi connectivity index (χ0) is 13.9. The maximum Gasteiger partial charge on any atom is 0.0107 e. The molecule has 0 radical (unpaired) electrons. The Balaban J connectivity index is 1.97. The van der Waals surface area contributed by atoms with E-state index in [4.69, 9.17) is 0 Å². The minimum Gasteiger partial charge on any atom is -0.315 e. The summed E-state index contributed by atoms with van der Waals surface area (Å²) in [5.41, 5.74) is 0. The third-order valence-electron chi connectivity index (χ3n) is 4.87. The van der Waals surface area contributed by atoms with E-state index < -0.39 is 0 Å². The summed E-state index contributed by atoms with van der Waals surface area (Å²) in [5, 5.41) is 3.59. The molecule has 19 heavy (non-hydrogen) atoms. The second-order valence-corrected chi connectivity index (χ2v) is 6.37. The summed E-state index contributed by atoms with van der Waals surface area (Å²) >= 11 is 0. The maximum absolute atomic E-state index is 3.59. The zero-order valence-corrected chi connectivity index (χ0v) is 13.6. The summed E-state index contributed by atoms with van der Waals surface area (Å²) in [6.45, 7) is 8.20. The molecule has 0 aromatic carbocycles. The number of nitrogens with one attached hydrogen (secondary N) is 1. The first kappa shape index (κ1) is 17.0. The lowest BCUT2D eigenvalue weighted by Crippen LogP contribution is -2.39. The van der Waals surface area contributed by atoms with Crippen molar-refractivity contribution in [1.29, 1.82) is 0 Å². The van der Waals surface area contributed by atoms with Crippen LogP contribution in [-0.4, -0.2) is 37.6 Å². The van der Waals surface area contributed by atoms with Gasteiger partial charge in [-0.05, 0) is 51.6 Å². The van der Waals surface area contributed by atoms with Crippen molar-refractivity contribution in [3.8, 4) is 0 Å². The fourth-order valence-electron chi connectivity index (χ4n) is 3.23. The van der Waals surface area contributed by atoms with Gasteiger partial charge in [0.2, 0.25) is 0 Å². The topological polar surface area (TPSA) is 15.3 Å². The first-order valence-electron chi connectivity index (χ1n) is 8.68. The smallest absolute Gasteiger partial charge is 0.0107 e. The molecule has 0 heterocycles. The Morgan fingerprint density at radius 1 is 0.947 bits per heavy atom. The lowest BCUT2D eigenvalue weighted by molar-refractivity contribution is 0.164. The normalized spacial score (nSPS) is 24.0. The number of hydrogen-bond acceptors (Lipinski definition) is 2. The Hall–Kier alpha value is -0.0800. The van der Waals surface area contributed by atoms with Crippen molar-refractivity contribution in [3.05, 3.63) is 0 Å². The van der Waals surface area contributed by atoms with Crippen LogP contribution in [0.15, 0.2) is 0 Å². The second kappa shape index (κ2) is 10.7. The highest BCUT2D eigenvalue weighted by Gasteiger charge is 2.22. The predicted molar refractivity (Wildman–Crippen MR) is 85.7 cm³/mol. The fraction of sp³-hybridized carbons (Fsp3) is 1.00. The molecule has 1 N–H and O–H groups in total. The van der Waals surface area contributed by atoms with Gasteiger partial charge in [-0.3, -0.25) is 0 Å². The van der Waals surface area contributed by atoms with E-state index in [9.17, 15) is 0 Å². The van der Waals surface area contributed by atoms with E-state index in [-0.39, 0.29) is 0 Å². The summed E-state index contributed by atoms with van der Waals surface area (Å²) in [5.74, 6) is 1.02. The van der Waals surface area contributed by atoms with Crippen molar-refractivity contribution >= 4 is 0 Å². The van der Waals surface area contributed by atoms with Gasteiger partial charge in [-0.2, -0.15) is 0 Å². The molecule has 0 aliphatic heterocycles. The highest BCUT2D eigenvalue weighted by molar-refractivity contribution is 4.77. The molecule has 0 aromatic heterocycles. The molecule has 0 atom stereocenters.